The number of hydrogen-bond acceptors (Lipinski definition) is 5. The summed E-state index contributed by atoms with van der Waals surface area (Å²) >= 11 is 5.80. The molecule has 126 valence electrons. The molecule has 6 nitrogen and oxygen atoms in total. The molecule has 2 heterocycles. The number of nitrogens with zero attached hydrogens (tertiary/aromatic N) is 4. The molecule has 0 radical (unpaired) electrons. The average Bonchev–Trinajstić information content (AvgIpc) is 3.13. The second-order valence-electron chi connectivity index (χ2n) is 5.89. The predicted molar refractivity (Wildman–Crippen MR) is 90.0 cm³/mol. The van der Waals surface area contributed by atoms with Crippen molar-refractivity contribution in [3.63, 3.8) is 0 Å². The normalized spacial score (nSPS) is 22.0. The number of carbonyl (C=O) groups excluding carboxylic acids is 2. The maximum absolute atomic E-state index is 13.4. The fraction of sp³-hybridized carbons (Fsp3) is 0.176. The topological polar surface area (TPSA) is 65.3 Å². The zero-order chi connectivity index (χ0) is 17.7. The molecule has 1 fully saturated rings. The quantitative estimate of drug-likeness (QED) is 0.774. The Morgan fingerprint density at radius 1 is 1.04 bits per heavy atom. The Balaban J connectivity index is 1.70. The average molecular weight is 359 g/mol. The summed E-state index contributed by atoms with van der Waals surface area (Å²) in [4.78, 5) is 26.6. The zero-order valence-corrected chi connectivity index (χ0v) is 13.8. The van der Waals surface area contributed by atoms with Gasteiger partial charge in [-0.3, -0.25) is 9.59 Å². The van der Waals surface area contributed by atoms with Crippen LogP contribution >= 0.6 is 11.6 Å². The molecule has 2 atom stereocenters. The molecule has 0 aromatic heterocycles. The standard InChI is InChI=1S/C17H12ClFN4O2/c1-9-2-4-10(5-3-9)22-16(24)14-15(17(22)25)23(21-20-14)11-6-7-13(19)12(18)8-11/h2-8,14-15H,1H3. The summed E-state index contributed by atoms with van der Waals surface area (Å²) in [6.45, 7) is 1.92. The van der Waals surface area contributed by atoms with Crippen molar-refractivity contribution in [2.45, 2.75) is 19.0 Å². The van der Waals surface area contributed by atoms with Crippen molar-refractivity contribution in [1.29, 1.82) is 0 Å². The molecule has 1 saturated heterocycles. The Labute approximate surface area is 147 Å². The predicted octanol–water partition coefficient (Wildman–Crippen LogP) is 3.29. The van der Waals surface area contributed by atoms with Crippen molar-refractivity contribution in [3.05, 3.63) is 58.9 Å². The summed E-state index contributed by atoms with van der Waals surface area (Å²) in [7, 11) is 0. The fourth-order valence-electron chi connectivity index (χ4n) is 2.95. The number of carbonyl (C=O) groups is 2. The molecule has 2 aliphatic heterocycles. The van der Waals surface area contributed by atoms with E-state index in [4.69, 9.17) is 11.6 Å². The van der Waals surface area contributed by atoms with Gasteiger partial charge in [-0.15, -0.1) is 0 Å². The van der Waals surface area contributed by atoms with Gasteiger partial charge in [0.05, 0.1) is 16.4 Å². The maximum atomic E-state index is 13.4. The van der Waals surface area contributed by atoms with Gasteiger partial charge in [0, 0.05) is 0 Å². The lowest BCUT2D eigenvalue weighted by Crippen LogP contribution is -2.39. The van der Waals surface area contributed by atoms with Crippen molar-refractivity contribution < 1.29 is 14.0 Å². The van der Waals surface area contributed by atoms with E-state index >= 15 is 0 Å². The van der Waals surface area contributed by atoms with Crippen LogP contribution in [-0.4, -0.2) is 23.9 Å². The molecular formula is C17H12ClFN4O2. The lowest BCUT2D eigenvalue weighted by molar-refractivity contribution is -0.121. The van der Waals surface area contributed by atoms with Gasteiger partial charge in [-0.1, -0.05) is 34.5 Å². The van der Waals surface area contributed by atoms with E-state index in [2.05, 4.69) is 10.3 Å². The van der Waals surface area contributed by atoms with Crippen molar-refractivity contribution in [3.8, 4) is 0 Å². The largest absolute Gasteiger partial charge is 0.271 e. The highest BCUT2D eigenvalue weighted by Crippen LogP contribution is 2.36. The summed E-state index contributed by atoms with van der Waals surface area (Å²) in [6, 6.07) is 9.23. The van der Waals surface area contributed by atoms with Gasteiger partial charge >= 0.3 is 0 Å². The van der Waals surface area contributed by atoms with Crippen LogP contribution in [0.2, 0.25) is 5.02 Å². The summed E-state index contributed by atoms with van der Waals surface area (Å²) in [5, 5.41) is 9.06. The van der Waals surface area contributed by atoms with Crippen LogP contribution in [0.25, 0.3) is 0 Å². The van der Waals surface area contributed by atoms with Gasteiger partial charge in [0.2, 0.25) is 0 Å². The van der Waals surface area contributed by atoms with E-state index in [1.165, 1.54) is 23.2 Å². The van der Waals surface area contributed by atoms with Crippen LogP contribution in [0.1, 0.15) is 5.56 Å². The van der Waals surface area contributed by atoms with Crippen LogP contribution in [0.15, 0.2) is 52.8 Å². The molecule has 0 aliphatic carbocycles. The summed E-state index contributed by atoms with van der Waals surface area (Å²) in [6.07, 6.45) is 0. The minimum atomic E-state index is -0.919. The van der Waals surface area contributed by atoms with E-state index < -0.39 is 29.7 Å². The Kier molecular flexibility index (Phi) is 3.54. The van der Waals surface area contributed by atoms with Gasteiger partial charge in [0.1, 0.15) is 5.82 Å². The highest BCUT2D eigenvalue weighted by atomic mass is 35.5. The first-order valence-electron chi connectivity index (χ1n) is 7.57. The van der Waals surface area contributed by atoms with Crippen LogP contribution in [0, 0.1) is 12.7 Å². The number of aryl methyl sites for hydroxylation is 1. The third-order valence-corrected chi connectivity index (χ3v) is 4.53. The van der Waals surface area contributed by atoms with Crippen molar-refractivity contribution in [1.82, 2.24) is 0 Å². The number of hydrogen-bond donors (Lipinski definition) is 0. The van der Waals surface area contributed by atoms with Gasteiger partial charge < -0.3 is 0 Å². The van der Waals surface area contributed by atoms with E-state index in [0.29, 0.717) is 11.4 Å². The highest BCUT2D eigenvalue weighted by Gasteiger charge is 2.55. The molecule has 8 heteroatoms. The summed E-state index contributed by atoms with van der Waals surface area (Å²) in [5.74, 6) is -1.43. The number of anilines is 2. The smallest absolute Gasteiger partial charge is 0.263 e. The summed E-state index contributed by atoms with van der Waals surface area (Å²) < 4.78 is 13.4. The number of benzene rings is 2. The first kappa shape index (κ1) is 15.7. The maximum Gasteiger partial charge on any atom is 0.263 e. The van der Waals surface area contributed by atoms with Crippen molar-refractivity contribution in [2.75, 3.05) is 9.91 Å². The summed E-state index contributed by atoms with van der Waals surface area (Å²) in [5.41, 5.74) is 1.90. The SMILES string of the molecule is Cc1ccc(N2C(=O)C3N=NN(c4ccc(F)c(Cl)c4)C3C2=O)cc1. The minimum Gasteiger partial charge on any atom is -0.271 e. The second-order valence-corrected chi connectivity index (χ2v) is 6.29. The van der Waals surface area contributed by atoms with Crippen LogP contribution in [0.3, 0.4) is 0 Å². The van der Waals surface area contributed by atoms with Gasteiger partial charge in [-0.05, 0) is 37.3 Å². The van der Waals surface area contributed by atoms with E-state index in [-0.39, 0.29) is 5.02 Å². The molecule has 0 spiro atoms. The molecule has 0 N–H and O–H groups in total. The van der Waals surface area contributed by atoms with E-state index in [0.717, 1.165) is 10.5 Å². The molecule has 2 aromatic carbocycles. The Bertz CT molecular complexity index is 915. The minimum absolute atomic E-state index is 0.0942. The second kappa shape index (κ2) is 5.63. The van der Waals surface area contributed by atoms with E-state index in [1.54, 1.807) is 12.1 Å². The molecular weight excluding hydrogens is 347 g/mol. The lowest BCUT2D eigenvalue weighted by atomic mass is 10.1. The first-order chi connectivity index (χ1) is 12.0. The Morgan fingerprint density at radius 2 is 1.72 bits per heavy atom. The van der Waals surface area contributed by atoms with Crippen LogP contribution in [-0.2, 0) is 9.59 Å². The van der Waals surface area contributed by atoms with E-state index in [1.807, 2.05) is 19.1 Å². The number of imide groups is 1. The molecule has 0 saturated carbocycles. The van der Waals surface area contributed by atoms with Gasteiger partial charge in [0.25, 0.3) is 11.8 Å². The third kappa shape index (κ3) is 2.39. The van der Waals surface area contributed by atoms with E-state index in [9.17, 15) is 14.0 Å². The highest BCUT2D eigenvalue weighted by molar-refractivity contribution is 6.31. The van der Waals surface area contributed by atoms with Crippen molar-refractivity contribution in [2.24, 2.45) is 10.3 Å². The monoisotopic (exact) mass is 358 g/mol. The number of halogens is 2. The molecule has 25 heavy (non-hydrogen) atoms. The van der Waals surface area contributed by atoms with Gasteiger partial charge in [0.15, 0.2) is 12.1 Å². The number of fused-ring (bicyclic) bond motifs is 1. The Hall–Kier alpha value is -2.80. The zero-order valence-electron chi connectivity index (χ0n) is 13.1. The van der Waals surface area contributed by atoms with Gasteiger partial charge in [-0.2, -0.15) is 5.11 Å². The molecule has 2 amide bonds. The van der Waals surface area contributed by atoms with Crippen LogP contribution in [0.4, 0.5) is 15.8 Å². The molecule has 0 bridgehead atoms. The molecule has 2 aliphatic rings. The van der Waals surface area contributed by atoms with Crippen LogP contribution in [0.5, 0.6) is 0 Å². The first-order valence-corrected chi connectivity index (χ1v) is 7.95. The Morgan fingerprint density at radius 3 is 2.40 bits per heavy atom. The number of rotatable bonds is 2. The molecule has 2 unspecified atom stereocenters. The number of amides is 2. The lowest BCUT2D eigenvalue weighted by Gasteiger charge is -2.20. The molecule has 4 rings (SSSR count). The van der Waals surface area contributed by atoms with Crippen LogP contribution < -0.4 is 9.91 Å². The van der Waals surface area contributed by atoms with Gasteiger partial charge in [-0.25, -0.2) is 14.3 Å². The molecule has 2 aromatic rings. The van der Waals surface area contributed by atoms with Crippen molar-refractivity contribution >= 4 is 34.8 Å². The third-order valence-electron chi connectivity index (χ3n) is 4.24. The fourth-order valence-corrected chi connectivity index (χ4v) is 3.12.